The first-order valence-electron chi connectivity index (χ1n) is 9.67. The fourth-order valence-corrected chi connectivity index (χ4v) is 3.31. The third kappa shape index (κ3) is 4.30. The summed E-state index contributed by atoms with van der Waals surface area (Å²) in [6.45, 7) is 2.66. The van der Waals surface area contributed by atoms with Gasteiger partial charge >= 0.3 is 0 Å². The molecule has 1 aliphatic rings. The minimum absolute atomic E-state index is 0.187. The van der Waals surface area contributed by atoms with Gasteiger partial charge in [0.05, 0.1) is 6.61 Å². The van der Waals surface area contributed by atoms with Crippen molar-refractivity contribution in [3.05, 3.63) is 88.7 Å². The predicted octanol–water partition coefficient (Wildman–Crippen LogP) is 6.37. The lowest BCUT2D eigenvalue weighted by Crippen LogP contribution is -1.99. The van der Waals surface area contributed by atoms with Crippen molar-refractivity contribution in [1.82, 2.24) is 0 Å². The molecule has 0 radical (unpaired) electrons. The van der Waals surface area contributed by atoms with Crippen LogP contribution in [0.25, 0.3) is 11.1 Å². The van der Waals surface area contributed by atoms with E-state index < -0.39 is 11.6 Å². The number of hydrogen-bond donors (Lipinski definition) is 0. The van der Waals surface area contributed by atoms with Gasteiger partial charge in [-0.1, -0.05) is 49.7 Å². The summed E-state index contributed by atoms with van der Waals surface area (Å²) in [5, 5.41) is 0. The standard InChI is InChI=1S/C24H21F3O2/c1-2-3-17-5-4-15(12-21(17)25)13-28-18-8-6-16(7-9-18)19-10-11-20(22-14-29-22)24(27)23(19)26/h4-12,22H,2-3,13-14H2,1H3. The molecule has 1 aliphatic heterocycles. The van der Waals surface area contributed by atoms with E-state index in [1.54, 1.807) is 42.5 Å². The van der Waals surface area contributed by atoms with Crippen molar-refractivity contribution < 1.29 is 22.6 Å². The highest BCUT2D eigenvalue weighted by Gasteiger charge is 2.30. The summed E-state index contributed by atoms with van der Waals surface area (Å²) in [6, 6.07) is 15.0. The number of rotatable bonds is 7. The second-order valence-corrected chi connectivity index (χ2v) is 7.14. The maximum absolute atomic E-state index is 14.4. The van der Waals surface area contributed by atoms with E-state index in [0.29, 0.717) is 29.9 Å². The highest BCUT2D eigenvalue weighted by atomic mass is 19.2. The van der Waals surface area contributed by atoms with Crippen molar-refractivity contribution in [2.45, 2.75) is 32.5 Å². The smallest absolute Gasteiger partial charge is 0.167 e. The number of ether oxygens (including phenoxy) is 2. The van der Waals surface area contributed by atoms with E-state index >= 15 is 0 Å². The lowest BCUT2D eigenvalue weighted by atomic mass is 10.0. The number of halogens is 3. The molecule has 0 saturated carbocycles. The van der Waals surface area contributed by atoms with Crippen molar-refractivity contribution in [3.63, 3.8) is 0 Å². The molecule has 0 bridgehead atoms. The van der Waals surface area contributed by atoms with Crippen LogP contribution in [-0.4, -0.2) is 6.61 Å². The molecule has 5 heteroatoms. The lowest BCUT2D eigenvalue weighted by Gasteiger charge is -2.10. The Morgan fingerprint density at radius 3 is 2.38 bits per heavy atom. The number of hydrogen-bond acceptors (Lipinski definition) is 2. The first kappa shape index (κ1) is 19.5. The van der Waals surface area contributed by atoms with E-state index in [-0.39, 0.29) is 29.7 Å². The molecule has 0 aliphatic carbocycles. The third-order valence-electron chi connectivity index (χ3n) is 5.00. The Bertz CT molecular complexity index is 1010. The summed E-state index contributed by atoms with van der Waals surface area (Å²) in [4.78, 5) is 0. The molecular formula is C24H21F3O2. The molecule has 2 nitrogen and oxygen atoms in total. The van der Waals surface area contributed by atoms with Crippen LogP contribution in [0.1, 0.15) is 36.1 Å². The van der Waals surface area contributed by atoms with Gasteiger partial charge in [-0.15, -0.1) is 0 Å². The van der Waals surface area contributed by atoms with E-state index in [9.17, 15) is 13.2 Å². The van der Waals surface area contributed by atoms with Crippen LogP contribution in [-0.2, 0) is 17.8 Å². The Kier molecular flexibility index (Phi) is 5.58. The highest BCUT2D eigenvalue weighted by Crippen LogP contribution is 2.36. The molecule has 1 atom stereocenters. The lowest BCUT2D eigenvalue weighted by molar-refractivity contribution is 0.305. The molecular weight excluding hydrogens is 377 g/mol. The van der Waals surface area contributed by atoms with Crippen LogP contribution in [0.15, 0.2) is 54.6 Å². The number of epoxide rings is 1. The van der Waals surface area contributed by atoms with E-state index in [4.69, 9.17) is 9.47 Å². The van der Waals surface area contributed by atoms with E-state index in [1.807, 2.05) is 13.0 Å². The Labute approximate surface area is 167 Å². The van der Waals surface area contributed by atoms with Gasteiger partial charge in [-0.25, -0.2) is 13.2 Å². The maximum Gasteiger partial charge on any atom is 0.167 e. The van der Waals surface area contributed by atoms with Crippen molar-refractivity contribution in [3.8, 4) is 16.9 Å². The van der Waals surface area contributed by atoms with Crippen molar-refractivity contribution in [2.75, 3.05) is 6.61 Å². The minimum Gasteiger partial charge on any atom is -0.489 e. The van der Waals surface area contributed by atoms with E-state index in [1.165, 1.54) is 6.07 Å². The Morgan fingerprint density at radius 2 is 1.72 bits per heavy atom. The average Bonchev–Trinajstić information content (AvgIpc) is 3.56. The molecule has 3 aromatic carbocycles. The first-order valence-corrected chi connectivity index (χ1v) is 9.67. The summed E-state index contributed by atoms with van der Waals surface area (Å²) >= 11 is 0. The van der Waals surface area contributed by atoms with Crippen LogP contribution in [0.2, 0.25) is 0 Å². The molecule has 29 heavy (non-hydrogen) atoms. The van der Waals surface area contributed by atoms with Gasteiger partial charge in [-0.05, 0) is 41.3 Å². The molecule has 1 heterocycles. The number of benzene rings is 3. The molecule has 0 amide bonds. The summed E-state index contributed by atoms with van der Waals surface area (Å²) in [7, 11) is 0. The molecule has 1 unspecified atom stereocenters. The summed E-state index contributed by atoms with van der Waals surface area (Å²) < 4.78 is 53.4. The predicted molar refractivity (Wildman–Crippen MR) is 105 cm³/mol. The zero-order chi connectivity index (χ0) is 20.4. The van der Waals surface area contributed by atoms with Crippen molar-refractivity contribution >= 4 is 0 Å². The quantitative estimate of drug-likeness (QED) is 0.431. The Hall–Kier alpha value is -2.79. The van der Waals surface area contributed by atoms with Gasteiger partial charge in [0.15, 0.2) is 11.6 Å². The van der Waals surface area contributed by atoms with Gasteiger partial charge in [0, 0.05) is 11.1 Å². The molecule has 4 rings (SSSR count). The SMILES string of the molecule is CCCc1ccc(COc2ccc(-c3ccc(C4CO4)c(F)c3F)cc2)cc1F. The van der Waals surface area contributed by atoms with Crippen LogP contribution in [0.3, 0.4) is 0 Å². The molecule has 0 aromatic heterocycles. The largest absolute Gasteiger partial charge is 0.489 e. The normalized spacial score (nSPS) is 15.4. The van der Waals surface area contributed by atoms with Crippen LogP contribution in [0, 0.1) is 17.5 Å². The minimum atomic E-state index is -0.880. The topological polar surface area (TPSA) is 21.8 Å². The van der Waals surface area contributed by atoms with E-state index in [0.717, 1.165) is 12.0 Å². The fourth-order valence-electron chi connectivity index (χ4n) is 3.31. The Balaban J connectivity index is 1.44. The zero-order valence-corrected chi connectivity index (χ0v) is 16.1. The zero-order valence-electron chi connectivity index (χ0n) is 16.1. The summed E-state index contributed by atoms with van der Waals surface area (Å²) in [5.74, 6) is -1.40. The second kappa shape index (κ2) is 8.29. The third-order valence-corrected chi connectivity index (χ3v) is 5.00. The molecule has 1 saturated heterocycles. The number of aryl methyl sites for hydroxylation is 1. The van der Waals surface area contributed by atoms with Crippen LogP contribution in [0.5, 0.6) is 5.75 Å². The molecule has 0 N–H and O–H groups in total. The average molecular weight is 398 g/mol. The maximum atomic E-state index is 14.4. The van der Waals surface area contributed by atoms with Gasteiger partial charge in [0.2, 0.25) is 0 Å². The van der Waals surface area contributed by atoms with E-state index in [2.05, 4.69) is 0 Å². The van der Waals surface area contributed by atoms with Crippen molar-refractivity contribution in [2.24, 2.45) is 0 Å². The monoisotopic (exact) mass is 398 g/mol. The molecule has 3 aromatic rings. The van der Waals surface area contributed by atoms with Gasteiger partial charge in [-0.3, -0.25) is 0 Å². The van der Waals surface area contributed by atoms with Crippen LogP contribution < -0.4 is 4.74 Å². The highest BCUT2D eigenvalue weighted by molar-refractivity contribution is 5.65. The summed E-state index contributed by atoms with van der Waals surface area (Å²) in [5.41, 5.74) is 2.42. The fraction of sp³-hybridized carbons (Fsp3) is 0.250. The first-order chi connectivity index (χ1) is 14.1. The Morgan fingerprint density at radius 1 is 0.966 bits per heavy atom. The van der Waals surface area contributed by atoms with Gasteiger partial charge in [0.1, 0.15) is 24.3 Å². The summed E-state index contributed by atoms with van der Waals surface area (Å²) in [6.07, 6.45) is 1.26. The van der Waals surface area contributed by atoms with Gasteiger partial charge < -0.3 is 9.47 Å². The second-order valence-electron chi connectivity index (χ2n) is 7.14. The molecule has 0 spiro atoms. The van der Waals surface area contributed by atoms with Gasteiger partial charge in [0.25, 0.3) is 0 Å². The van der Waals surface area contributed by atoms with Crippen LogP contribution in [0.4, 0.5) is 13.2 Å². The van der Waals surface area contributed by atoms with Gasteiger partial charge in [-0.2, -0.15) is 0 Å². The van der Waals surface area contributed by atoms with Crippen molar-refractivity contribution in [1.29, 1.82) is 0 Å². The molecule has 150 valence electrons. The molecule has 1 fully saturated rings. The van der Waals surface area contributed by atoms with Crippen LogP contribution >= 0.6 is 0 Å².